The van der Waals surface area contributed by atoms with Crippen molar-refractivity contribution < 1.29 is 12.8 Å². The molecule has 0 bridgehead atoms. The molecular formula is C13H15FN2O2S. The first kappa shape index (κ1) is 13.8. The number of hydrogen-bond donors (Lipinski definition) is 1. The third-order valence-corrected chi connectivity index (χ3v) is 4.97. The summed E-state index contributed by atoms with van der Waals surface area (Å²) in [7, 11) is -3.04. The Kier molecular flexibility index (Phi) is 3.50. The van der Waals surface area contributed by atoms with Gasteiger partial charge in [-0.1, -0.05) is 0 Å². The second-order valence-corrected chi connectivity index (χ2v) is 7.29. The van der Waals surface area contributed by atoms with E-state index in [0.29, 0.717) is 5.69 Å². The normalized spacial score (nSPS) is 20.5. The summed E-state index contributed by atoms with van der Waals surface area (Å²) < 4.78 is 36.2. The smallest absolute Gasteiger partial charge is 0.150 e. The van der Waals surface area contributed by atoms with E-state index in [1.165, 1.54) is 12.1 Å². The Labute approximate surface area is 112 Å². The summed E-state index contributed by atoms with van der Waals surface area (Å²) in [4.78, 5) is 0. The summed E-state index contributed by atoms with van der Waals surface area (Å²) in [6, 6.07) is 6.60. The fourth-order valence-electron chi connectivity index (χ4n) is 2.24. The van der Waals surface area contributed by atoms with E-state index >= 15 is 0 Å². The summed E-state index contributed by atoms with van der Waals surface area (Å²) in [6.45, 7) is 1.76. The van der Waals surface area contributed by atoms with E-state index < -0.39 is 15.4 Å². The summed E-state index contributed by atoms with van der Waals surface area (Å²) in [5.74, 6) is -0.400. The predicted molar refractivity (Wildman–Crippen MR) is 71.0 cm³/mol. The van der Waals surface area contributed by atoms with Crippen LogP contribution in [-0.4, -0.2) is 25.5 Å². The molecule has 1 aromatic carbocycles. The highest BCUT2D eigenvalue weighted by Gasteiger charge is 2.37. The Balaban J connectivity index is 2.23. The third kappa shape index (κ3) is 3.24. The molecule has 0 aliphatic carbocycles. The first-order valence-electron chi connectivity index (χ1n) is 6.01. The molecule has 1 N–H and O–H groups in total. The number of halogens is 1. The quantitative estimate of drug-likeness (QED) is 0.901. The van der Waals surface area contributed by atoms with E-state index in [9.17, 15) is 18.1 Å². The van der Waals surface area contributed by atoms with Crippen LogP contribution in [0, 0.1) is 24.1 Å². The van der Waals surface area contributed by atoms with Crippen LogP contribution in [0.3, 0.4) is 0 Å². The van der Waals surface area contributed by atoms with E-state index in [0.717, 1.165) is 5.56 Å². The van der Waals surface area contributed by atoms with Gasteiger partial charge in [-0.15, -0.1) is 0 Å². The first-order chi connectivity index (χ1) is 8.84. The molecule has 0 atom stereocenters. The Bertz CT molecular complexity index is 600. The van der Waals surface area contributed by atoms with Crippen LogP contribution in [0.4, 0.5) is 10.1 Å². The zero-order chi connectivity index (χ0) is 14.1. The molecule has 1 heterocycles. The van der Waals surface area contributed by atoms with E-state index in [1.807, 2.05) is 0 Å². The van der Waals surface area contributed by atoms with Gasteiger partial charge in [0, 0.05) is 5.69 Å². The van der Waals surface area contributed by atoms with Crippen molar-refractivity contribution in [3.63, 3.8) is 0 Å². The number of anilines is 1. The van der Waals surface area contributed by atoms with Crippen LogP contribution in [0.2, 0.25) is 0 Å². The molecule has 0 aromatic heterocycles. The minimum Gasteiger partial charge on any atom is -0.367 e. The second-order valence-electron chi connectivity index (χ2n) is 4.99. The maximum atomic E-state index is 13.3. The van der Waals surface area contributed by atoms with Crippen LogP contribution in [-0.2, 0) is 9.84 Å². The number of benzene rings is 1. The molecule has 19 heavy (non-hydrogen) atoms. The summed E-state index contributed by atoms with van der Waals surface area (Å²) in [5, 5.41) is 12.3. The van der Waals surface area contributed by atoms with Crippen LogP contribution < -0.4 is 5.32 Å². The van der Waals surface area contributed by atoms with Gasteiger partial charge in [-0.3, -0.25) is 0 Å². The third-order valence-electron chi connectivity index (χ3n) is 3.32. The lowest BCUT2D eigenvalue weighted by Gasteiger charge is -2.32. The molecule has 1 aliphatic rings. The highest BCUT2D eigenvalue weighted by Crippen LogP contribution is 2.28. The number of rotatable bonds is 2. The Morgan fingerprint density at radius 1 is 1.32 bits per heavy atom. The zero-order valence-corrected chi connectivity index (χ0v) is 11.4. The lowest BCUT2D eigenvalue weighted by molar-refractivity contribution is 0.504. The van der Waals surface area contributed by atoms with E-state index in [4.69, 9.17) is 0 Å². The molecule has 0 unspecified atom stereocenters. The molecule has 1 saturated heterocycles. The van der Waals surface area contributed by atoms with E-state index in [1.54, 1.807) is 13.0 Å². The fraction of sp³-hybridized carbons (Fsp3) is 0.462. The van der Waals surface area contributed by atoms with Crippen molar-refractivity contribution in [2.45, 2.75) is 25.3 Å². The van der Waals surface area contributed by atoms with Gasteiger partial charge in [0.05, 0.1) is 17.6 Å². The maximum absolute atomic E-state index is 13.3. The van der Waals surface area contributed by atoms with Crippen molar-refractivity contribution in [2.24, 2.45) is 0 Å². The molecule has 1 aromatic rings. The van der Waals surface area contributed by atoms with Crippen molar-refractivity contribution in [3.05, 3.63) is 29.6 Å². The lowest BCUT2D eigenvalue weighted by Crippen LogP contribution is -2.44. The summed E-state index contributed by atoms with van der Waals surface area (Å²) in [6.07, 6.45) is 0.447. The van der Waals surface area contributed by atoms with Crippen LogP contribution in [0.5, 0.6) is 0 Å². The molecule has 2 rings (SSSR count). The van der Waals surface area contributed by atoms with Gasteiger partial charge in [0.15, 0.2) is 9.84 Å². The van der Waals surface area contributed by atoms with Crippen molar-refractivity contribution in [1.29, 1.82) is 5.26 Å². The standard InChI is InChI=1S/C13H15FN2O2S/c1-10-6-11(14)8-12(7-10)16-13(9-15)2-4-19(17,18)5-3-13/h6-8,16H,2-5H2,1H3. The number of sulfone groups is 1. The van der Waals surface area contributed by atoms with Crippen molar-refractivity contribution >= 4 is 15.5 Å². The molecule has 0 spiro atoms. The van der Waals surface area contributed by atoms with Crippen LogP contribution in [0.1, 0.15) is 18.4 Å². The predicted octanol–water partition coefficient (Wildman–Crippen LogP) is 2.02. The van der Waals surface area contributed by atoms with Gasteiger partial charge in [-0.25, -0.2) is 12.8 Å². The molecule has 0 radical (unpaired) electrons. The number of nitriles is 1. The Morgan fingerprint density at radius 3 is 2.47 bits per heavy atom. The second kappa shape index (κ2) is 4.82. The van der Waals surface area contributed by atoms with Crippen LogP contribution in [0.15, 0.2) is 18.2 Å². The number of hydrogen-bond acceptors (Lipinski definition) is 4. The SMILES string of the molecule is Cc1cc(F)cc(NC2(C#N)CCS(=O)(=O)CC2)c1. The topological polar surface area (TPSA) is 70.0 Å². The molecule has 1 fully saturated rings. The minimum atomic E-state index is -3.04. The van der Waals surface area contributed by atoms with Gasteiger partial charge < -0.3 is 5.32 Å². The number of aryl methyl sites for hydroxylation is 1. The fourth-order valence-corrected chi connectivity index (χ4v) is 3.76. The van der Waals surface area contributed by atoms with Crippen molar-refractivity contribution in [2.75, 3.05) is 16.8 Å². The number of nitrogens with one attached hydrogen (secondary N) is 1. The van der Waals surface area contributed by atoms with Crippen molar-refractivity contribution in [3.8, 4) is 6.07 Å². The van der Waals surface area contributed by atoms with Gasteiger partial charge >= 0.3 is 0 Å². The molecular weight excluding hydrogens is 267 g/mol. The summed E-state index contributed by atoms with van der Waals surface area (Å²) in [5.41, 5.74) is 0.336. The largest absolute Gasteiger partial charge is 0.367 e. The van der Waals surface area contributed by atoms with E-state index in [2.05, 4.69) is 11.4 Å². The van der Waals surface area contributed by atoms with Crippen molar-refractivity contribution in [1.82, 2.24) is 0 Å². The van der Waals surface area contributed by atoms with Gasteiger partial charge in [0.1, 0.15) is 11.4 Å². The monoisotopic (exact) mass is 282 g/mol. The average Bonchev–Trinajstić information content (AvgIpc) is 2.31. The van der Waals surface area contributed by atoms with Gasteiger partial charge in [-0.2, -0.15) is 5.26 Å². The maximum Gasteiger partial charge on any atom is 0.150 e. The first-order valence-corrected chi connectivity index (χ1v) is 7.83. The van der Waals surface area contributed by atoms with Gasteiger partial charge in [-0.05, 0) is 43.5 Å². The molecule has 0 amide bonds. The van der Waals surface area contributed by atoms with Gasteiger partial charge in [0.2, 0.25) is 0 Å². The molecule has 0 saturated carbocycles. The molecule has 102 valence electrons. The van der Waals surface area contributed by atoms with Gasteiger partial charge in [0.25, 0.3) is 0 Å². The molecule has 1 aliphatic heterocycles. The zero-order valence-electron chi connectivity index (χ0n) is 10.6. The lowest BCUT2D eigenvalue weighted by atomic mass is 9.93. The molecule has 4 nitrogen and oxygen atoms in total. The average molecular weight is 282 g/mol. The minimum absolute atomic E-state index is 0.0120. The molecule has 6 heteroatoms. The Hall–Kier alpha value is -1.61. The highest BCUT2D eigenvalue weighted by atomic mass is 32.2. The number of nitrogens with zero attached hydrogens (tertiary/aromatic N) is 1. The summed E-state index contributed by atoms with van der Waals surface area (Å²) >= 11 is 0. The van der Waals surface area contributed by atoms with Crippen LogP contribution >= 0.6 is 0 Å². The van der Waals surface area contributed by atoms with Crippen LogP contribution in [0.25, 0.3) is 0 Å². The Morgan fingerprint density at radius 2 is 1.95 bits per heavy atom. The highest BCUT2D eigenvalue weighted by molar-refractivity contribution is 7.91. The van der Waals surface area contributed by atoms with E-state index in [-0.39, 0.29) is 30.2 Å².